The summed E-state index contributed by atoms with van der Waals surface area (Å²) in [4.78, 5) is 28.8. The van der Waals surface area contributed by atoms with Gasteiger partial charge in [0.15, 0.2) is 0 Å². The lowest BCUT2D eigenvalue weighted by Gasteiger charge is -2.37. The summed E-state index contributed by atoms with van der Waals surface area (Å²) in [7, 11) is 0. The highest BCUT2D eigenvalue weighted by Gasteiger charge is 2.33. The molecule has 30 heavy (non-hydrogen) atoms. The first kappa shape index (κ1) is 18.5. The van der Waals surface area contributed by atoms with E-state index in [9.17, 15) is 13.6 Å². The van der Waals surface area contributed by atoms with Crippen LogP contribution in [0.25, 0.3) is 11.0 Å². The summed E-state index contributed by atoms with van der Waals surface area (Å²) in [5.74, 6) is -0.724. The lowest BCUT2D eigenvalue weighted by Crippen LogP contribution is -2.52. The van der Waals surface area contributed by atoms with Crippen LogP contribution in [0.3, 0.4) is 0 Å². The molecule has 8 nitrogen and oxygen atoms in total. The first-order valence-corrected chi connectivity index (χ1v) is 9.70. The van der Waals surface area contributed by atoms with Crippen molar-refractivity contribution in [2.24, 2.45) is 5.10 Å². The third-order valence-corrected chi connectivity index (χ3v) is 5.42. The van der Waals surface area contributed by atoms with Crippen molar-refractivity contribution in [2.45, 2.75) is 12.5 Å². The minimum atomic E-state index is -0.669. The highest BCUT2D eigenvalue weighted by molar-refractivity contribution is 5.79. The number of piperazine rings is 1. The van der Waals surface area contributed by atoms with Gasteiger partial charge in [0.1, 0.15) is 17.3 Å². The molecular formula is C20H19F2N7O. The summed E-state index contributed by atoms with van der Waals surface area (Å²) >= 11 is 0. The van der Waals surface area contributed by atoms with Crippen molar-refractivity contribution in [3.05, 3.63) is 53.9 Å². The van der Waals surface area contributed by atoms with Crippen LogP contribution in [0.5, 0.6) is 0 Å². The second-order valence-electron chi connectivity index (χ2n) is 7.31. The Labute approximate surface area is 170 Å². The minimum absolute atomic E-state index is 0.279. The van der Waals surface area contributed by atoms with Crippen LogP contribution in [-0.2, 0) is 0 Å². The molecule has 154 valence electrons. The second kappa shape index (κ2) is 7.36. The molecule has 3 aromatic rings. The Morgan fingerprint density at radius 3 is 2.63 bits per heavy atom. The number of carbonyl (C=O) groups is 1. The van der Waals surface area contributed by atoms with E-state index in [0.29, 0.717) is 44.1 Å². The van der Waals surface area contributed by atoms with Crippen LogP contribution in [0.1, 0.15) is 18.0 Å². The molecule has 2 aliphatic rings. The van der Waals surface area contributed by atoms with Gasteiger partial charge in [-0.05, 0) is 23.8 Å². The zero-order chi connectivity index (χ0) is 20.7. The smallest absolute Gasteiger partial charge is 0.341 e. The number of nitrogens with one attached hydrogen (secondary N) is 1. The highest BCUT2D eigenvalue weighted by Crippen LogP contribution is 2.30. The van der Waals surface area contributed by atoms with Gasteiger partial charge in [-0.3, -0.25) is 0 Å². The van der Waals surface area contributed by atoms with Crippen LogP contribution in [0.2, 0.25) is 0 Å². The fourth-order valence-electron chi connectivity index (χ4n) is 3.87. The predicted molar refractivity (Wildman–Crippen MR) is 107 cm³/mol. The number of aromatic amines is 1. The average molecular weight is 411 g/mol. The van der Waals surface area contributed by atoms with E-state index in [1.54, 1.807) is 17.3 Å². The van der Waals surface area contributed by atoms with Gasteiger partial charge in [0.2, 0.25) is 5.95 Å². The third-order valence-electron chi connectivity index (χ3n) is 5.42. The maximum Gasteiger partial charge on any atom is 0.341 e. The van der Waals surface area contributed by atoms with E-state index >= 15 is 0 Å². The molecule has 5 rings (SSSR count). The molecule has 0 aliphatic carbocycles. The quantitative estimate of drug-likeness (QED) is 0.703. The number of carbonyl (C=O) groups excluding carboxylic acids is 1. The maximum atomic E-state index is 13.6. The molecule has 1 fully saturated rings. The molecule has 0 bridgehead atoms. The number of fused-ring (bicyclic) bond motifs is 1. The van der Waals surface area contributed by atoms with Gasteiger partial charge < -0.3 is 14.8 Å². The number of nitrogens with zero attached hydrogens (tertiary/aromatic N) is 6. The molecule has 0 radical (unpaired) electrons. The number of H-pyrrole nitrogens is 1. The maximum absolute atomic E-state index is 13.6. The Balaban J connectivity index is 1.27. The van der Waals surface area contributed by atoms with Gasteiger partial charge in [-0.15, -0.1) is 0 Å². The zero-order valence-corrected chi connectivity index (χ0v) is 16.0. The number of rotatable bonds is 2. The largest absolute Gasteiger partial charge is 0.346 e. The Bertz CT molecular complexity index is 1100. The summed E-state index contributed by atoms with van der Waals surface area (Å²) in [5, 5.41) is 6.42. The number of benzene rings is 1. The number of hydrogen-bond acceptors (Lipinski definition) is 5. The van der Waals surface area contributed by atoms with Gasteiger partial charge in [-0.2, -0.15) is 10.1 Å². The van der Waals surface area contributed by atoms with Crippen molar-refractivity contribution in [1.82, 2.24) is 24.9 Å². The monoisotopic (exact) mass is 411 g/mol. The van der Waals surface area contributed by atoms with E-state index < -0.39 is 17.7 Å². The second-order valence-corrected chi connectivity index (χ2v) is 7.31. The van der Waals surface area contributed by atoms with E-state index in [0.717, 1.165) is 17.1 Å². The van der Waals surface area contributed by atoms with Gasteiger partial charge in [0, 0.05) is 62.7 Å². The molecular weight excluding hydrogens is 392 g/mol. The van der Waals surface area contributed by atoms with E-state index in [1.807, 2.05) is 17.2 Å². The van der Waals surface area contributed by atoms with Crippen molar-refractivity contribution in [3.63, 3.8) is 0 Å². The Hall–Kier alpha value is -3.56. The number of hydrogen-bond donors (Lipinski definition) is 1. The van der Waals surface area contributed by atoms with Crippen molar-refractivity contribution < 1.29 is 13.6 Å². The standard InChI is InChI=1S/C20H19F2N7O/c21-15-9-14(10-16(22)11-15)17-2-4-25-29(17)20(30)28-7-5-27(6-8-28)19-24-12-13-1-3-23-18(13)26-19/h1,3-4,9-12,17H,2,5-8H2,(H,23,24,26). The van der Waals surface area contributed by atoms with Crippen LogP contribution in [0.15, 0.2) is 41.8 Å². The minimum Gasteiger partial charge on any atom is -0.346 e. The first-order valence-electron chi connectivity index (χ1n) is 9.70. The number of halogens is 2. The summed E-state index contributed by atoms with van der Waals surface area (Å²) in [6.07, 6.45) is 5.60. The summed E-state index contributed by atoms with van der Waals surface area (Å²) in [6, 6.07) is 4.42. The van der Waals surface area contributed by atoms with Crippen molar-refractivity contribution >= 4 is 29.2 Å². The molecule has 1 aromatic carbocycles. The normalized spacial score (nSPS) is 19.1. The van der Waals surface area contributed by atoms with Gasteiger partial charge >= 0.3 is 6.03 Å². The predicted octanol–water partition coefficient (Wildman–Crippen LogP) is 2.91. The number of amides is 2. The molecule has 1 unspecified atom stereocenters. The molecule has 1 atom stereocenters. The lowest BCUT2D eigenvalue weighted by atomic mass is 10.0. The summed E-state index contributed by atoms with van der Waals surface area (Å²) < 4.78 is 27.3. The third kappa shape index (κ3) is 3.34. The molecule has 0 spiro atoms. The molecule has 1 N–H and O–H groups in total. The molecule has 1 saturated heterocycles. The molecule has 0 saturated carbocycles. The van der Waals surface area contributed by atoms with Gasteiger partial charge in [0.25, 0.3) is 0 Å². The average Bonchev–Trinajstić information content (AvgIpc) is 3.41. The van der Waals surface area contributed by atoms with Crippen molar-refractivity contribution in [1.29, 1.82) is 0 Å². The number of urea groups is 1. The van der Waals surface area contributed by atoms with Gasteiger partial charge in [0.05, 0.1) is 6.04 Å². The zero-order valence-electron chi connectivity index (χ0n) is 16.0. The van der Waals surface area contributed by atoms with Gasteiger partial charge in [-0.25, -0.2) is 23.6 Å². The SMILES string of the molecule is O=C(N1CCN(c2ncc3cc[nH]c3n2)CC1)N1N=CCC1c1cc(F)cc(F)c1. The fourth-order valence-corrected chi connectivity index (χ4v) is 3.87. The van der Waals surface area contributed by atoms with Gasteiger partial charge in [-0.1, -0.05) is 0 Å². The molecule has 10 heteroatoms. The van der Waals surface area contributed by atoms with Crippen LogP contribution < -0.4 is 4.90 Å². The van der Waals surface area contributed by atoms with Crippen LogP contribution >= 0.6 is 0 Å². The van der Waals surface area contributed by atoms with E-state index in [-0.39, 0.29) is 6.03 Å². The van der Waals surface area contributed by atoms with Crippen LogP contribution in [0, 0.1) is 11.6 Å². The van der Waals surface area contributed by atoms with Crippen LogP contribution in [0.4, 0.5) is 19.5 Å². The molecule has 2 aromatic heterocycles. The van der Waals surface area contributed by atoms with E-state index in [1.165, 1.54) is 17.1 Å². The first-order chi connectivity index (χ1) is 14.6. The van der Waals surface area contributed by atoms with E-state index in [4.69, 9.17) is 0 Å². The Morgan fingerprint density at radius 2 is 1.87 bits per heavy atom. The Morgan fingerprint density at radius 1 is 1.10 bits per heavy atom. The Kier molecular flexibility index (Phi) is 4.53. The number of aromatic nitrogens is 3. The summed E-state index contributed by atoms with van der Waals surface area (Å²) in [5.41, 5.74) is 1.17. The van der Waals surface area contributed by atoms with Crippen molar-refractivity contribution in [3.8, 4) is 0 Å². The molecule has 4 heterocycles. The number of hydrazone groups is 1. The topological polar surface area (TPSA) is 80.7 Å². The fraction of sp³-hybridized carbons (Fsp3) is 0.300. The van der Waals surface area contributed by atoms with Crippen molar-refractivity contribution in [2.75, 3.05) is 31.1 Å². The van der Waals surface area contributed by atoms with E-state index in [2.05, 4.69) is 20.1 Å². The highest BCUT2D eigenvalue weighted by atomic mass is 19.1. The van der Waals surface area contributed by atoms with Crippen LogP contribution in [-0.4, -0.2) is 63.3 Å². The number of anilines is 1. The molecule has 2 aliphatic heterocycles. The lowest BCUT2D eigenvalue weighted by molar-refractivity contribution is 0.139. The summed E-state index contributed by atoms with van der Waals surface area (Å²) in [6.45, 7) is 2.10. The molecule has 2 amide bonds.